The van der Waals surface area contributed by atoms with Crippen LogP contribution >= 0.6 is 15.9 Å². The van der Waals surface area contributed by atoms with Gasteiger partial charge in [0.15, 0.2) is 8.32 Å². The molecule has 0 amide bonds. The SMILES string of the molecule is Cc1ccc(-n2ccn(-c3cccc(Br)c3CO[Si](C)(C)C(C)(C)C)c2=O)cc1. The minimum atomic E-state index is -1.91. The molecular formula is C23H29BrN2O2Si. The second-order valence-corrected chi connectivity index (χ2v) is 14.6. The maximum absolute atomic E-state index is 13.2. The van der Waals surface area contributed by atoms with Crippen LogP contribution in [0.3, 0.4) is 0 Å². The van der Waals surface area contributed by atoms with Gasteiger partial charge in [0.1, 0.15) is 0 Å². The molecule has 3 aromatic rings. The van der Waals surface area contributed by atoms with Gasteiger partial charge in [0, 0.05) is 22.4 Å². The lowest BCUT2D eigenvalue weighted by atomic mass is 10.2. The number of nitrogens with zero attached hydrogens (tertiary/aromatic N) is 2. The summed E-state index contributed by atoms with van der Waals surface area (Å²) >= 11 is 3.66. The Hall–Kier alpha value is -1.89. The van der Waals surface area contributed by atoms with E-state index in [4.69, 9.17) is 4.43 Å². The molecule has 0 aliphatic carbocycles. The largest absolute Gasteiger partial charge is 0.412 e. The molecule has 0 fully saturated rings. The van der Waals surface area contributed by atoms with Crippen molar-refractivity contribution in [2.45, 2.75) is 52.4 Å². The van der Waals surface area contributed by atoms with Crippen molar-refractivity contribution in [2.24, 2.45) is 0 Å². The highest BCUT2D eigenvalue weighted by Crippen LogP contribution is 2.38. The molecule has 0 saturated heterocycles. The summed E-state index contributed by atoms with van der Waals surface area (Å²) in [6.45, 7) is 13.7. The molecule has 4 nitrogen and oxygen atoms in total. The van der Waals surface area contributed by atoms with E-state index in [0.29, 0.717) is 6.61 Å². The van der Waals surface area contributed by atoms with Gasteiger partial charge in [-0.1, -0.05) is 60.5 Å². The fourth-order valence-corrected chi connectivity index (χ4v) is 4.26. The number of aromatic nitrogens is 2. The van der Waals surface area contributed by atoms with Crippen LogP contribution in [0.2, 0.25) is 18.1 Å². The van der Waals surface area contributed by atoms with Crippen molar-refractivity contribution in [3.63, 3.8) is 0 Å². The van der Waals surface area contributed by atoms with Gasteiger partial charge < -0.3 is 4.43 Å². The Labute approximate surface area is 182 Å². The molecule has 6 heteroatoms. The second-order valence-electron chi connectivity index (χ2n) is 8.94. The van der Waals surface area contributed by atoms with Crippen LogP contribution in [0.4, 0.5) is 0 Å². The van der Waals surface area contributed by atoms with Crippen molar-refractivity contribution < 1.29 is 4.43 Å². The van der Waals surface area contributed by atoms with E-state index in [1.54, 1.807) is 9.13 Å². The van der Waals surface area contributed by atoms with Gasteiger partial charge in [-0.05, 0) is 49.3 Å². The summed E-state index contributed by atoms with van der Waals surface area (Å²) in [5.74, 6) is 0. The molecule has 0 saturated carbocycles. The van der Waals surface area contributed by atoms with E-state index in [2.05, 4.69) is 49.8 Å². The lowest BCUT2D eigenvalue weighted by Gasteiger charge is -2.36. The number of hydrogen-bond donors (Lipinski definition) is 0. The highest BCUT2D eigenvalue weighted by atomic mass is 79.9. The van der Waals surface area contributed by atoms with E-state index in [9.17, 15) is 4.79 Å². The number of halogens is 1. The molecule has 0 spiro atoms. The zero-order valence-corrected chi connectivity index (χ0v) is 20.6. The van der Waals surface area contributed by atoms with Gasteiger partial charge in [0.25, 0.3) is 0 Å². The number of hydrogen-bond acceptors (Lipinski definition) is 2. The van der Waals surface area contributed by atoms with Crippen LogP contribution in [0.1, 0.15) is 31.9 Å². The number of rotatable bonds is 5. The molecule has 29 heavy (non-hydrogen) atoms. The first-order chi connectivity index (χ1) is 13.5. The van der Waals surface area contributed by atoms with Gasteiger partial charge >= 0.3 is 5.69 Å². The zero-order valence-electron chi connectivity index (χ0n) is 18.0. The number of benzene rings is 2. The van der Waals surface area contributed by atoms with E-state index >= 15 is 0 Å². The summed E-state index contributed by atoms with van der Waals surface area (Å²) in [5.41, 5.74) is 3.75. The topological polar surface area (TPSA) is 36.2 Å². The molecule has 0 radical (unpaired) electrons. The molecule has 1 heterocycles. The summed E-state index contributed by atoms with van der Waals surface area (Å²) in [6, 6.07) is 13.9. The summed E-state index contributed by atoms with van der Waals surface area (Å²) in [6.07, 6.45) is 3.63. The van der Waals surface area contributed by atoms with Crippen LogP contribution in [0.25, 0.3) is 11.4 Å². The first kappa shape index (κ1) is 21.8. The van der Waals surface area contributed by atoms with E-state index in [0.717, 1.165) is 21.4 Å². The van der Waals surface area contributed by atoms with Crippen molar-refractivity contribution in [2.75, 3.05) is 0 Å². The standard InChI is InChI=1S/C23H29BrN2O2Si/c1-17-10-12-18(13-11-17)25-14-15-26(22(25)27)21-9-7-8-20(24)19(21)16-28-29(5,6)23(2,3)4/h7-15H,16H2,1-6H3. The average molecular weight is 473 g/mol. The molecule has 0 unspecified atom stereocenters. The quantitative estimate of drug-likeness (QED) is 0.413. The normalized spacial score (nSPS) is 12.4. The van der Waals surface area contributed by atoms with Crippen LogP contribution in [0, 0.1) is 6.92 Å². The average Bonchev–Trinajstić information content (AvgIpc) is 3.01. The third-order valence-corrected chi connectivity index (χ3v) is 11.0. The Morgan fingerprint density at radius 1 is 1.00 bits per heavy atom. The van der Waals surface area contributed by atoms with Crippen LogP contribution < -0.4 is 5.69 Å². The van der Waals surface area contributed by atoms with Crippen molar-refractivity contribution >= 4 is 24.2 Å². The minimum Gasteiger partial charge on any atom is -0.412 e. The lowest BCUT2D eigenvalue weighted by molar-refractivity contribution is 0.275. The molecule has 0 aliphatic heterocycles. The summed E-state index contributed by atoms with van der Waals surface area (Å²) in [5, 5.41) is 0.125. The van der Waals surface area contributed by atoms with E-state index < -0.39 is 8.32 Å². The highest BCUT2D eigenvalue weighted by molar-refractivity contribution is 9.10. The van der Waals surface area contributed by atoms with Crippen molar-refractivity contribution in [3.05, 3.63) is 80.9 Å². The van der Waals surface area contributed by atoms with Crippen LogP contribution in [-0.2, 0) is 11.0 Å². The lowest BCUT2D eigenvalue weighted by Crippen LogP contribution is -2.40. The van der Waals surface area contributed by atoms with Gasteiger partial charge in [-0.25, -0.2) is 4.79 Å². The van der Waals surface area contributed by atoms with Gasteiger partial charge in [0.05, 0.1) is 18.0 Å². The van der Waals surface area contributed by atoms with Crippen molar-refractivity contribution in [3.8, 4) is 11.4 Å². The predicted molar refractivity (Wildman–Crippen MR) is 126 cm³/mol. The van der Waals surface area contributed by atoms with E-state index in [1.165, 1.54) is 5.56 Å². The van der Waals surface area contributed by atoms with E-state index in [1.807, 2.05) is 61.8 Å². The predicted octanol–water partition coefficient (Wildman–Crippen LogP) is 6.22. The van der Waals surface area contributed by atoms with Crippen molar-refractivity contribution in [1.29, 1.82) is 0 Å². The Balaban J connectivity index is 2.00. The van der Waals surface area contributed by atoms with Gasteiger partial charge in [-0.15, -0.1) is 0 Å². The molecule has 0 N–H and O–H groups in total. The molecule has 0 atom stereocenters. The van der Waals surface area contributed by atoms with Crippen molar-refractivity contribution in [1.82, 2.24) is 9.13 Å². The molecule has 2 aromatic carbocycles. The summed E-state index contributed by atoms with van der Waals surface area (Å²) in [4.78, 5) is 13.2. The zero-order chi connectivity index (χ0) is 21.4. The fraction of sp³-hybridized carbons (Fsp3) is 0.348. The number of aryl methyl sites for hydroxylation is 1. The van der Waals surface area contributed by atoms with Gasteiger partial charge in [-0.3, -0.25) is 9.13 Å². The third-order valence-electron chi connectivity index (χ3n) is 5.83. The molecule has 0 aliphatic rings. The van der Waals surface area contributed by atoms with Crippen LogP contribution in [0.15, 0.2) is 64.1 Å². The second kappa shape index (κ2) is 8.09. The first-order valence-electron chi connectivity index (χ1n) is 9.80. The monoisotopic (exact) mass is 472 g/mol. The fourth-order valence-electron chi connectivity index (χ4n) is 2.85. The number of imidazole rings is 1. The molecular weight excluding hydrogens is 444 g/mol. The molecule has 0 bridgehead atoms. The van der Waals surface area contributed by atoms with Crippen LogP contribution in [-0.4, -0.2) is 17.5 Å². The third kappa shape index (κ3) is 4.49. The first-order valence-corrected chi connectivity index (χ1v) is 13.5. The maximum atomic E-state index is 13.2. The Bertz CT molecular complexity index is 1060. The van der Waals surface area contributed by atoms with E-state index in [-0.39, 0.29) is 10.7 Å². The Kier molecular flexibility index (Phi) is 6.08. The molecule has 3 rings (SSSR count). The van der Waals surface area contributed by atoms with Crippen LogP contribution in [0.5, 0.6) is 0 Å². The Morgan fingerprint density at radius 2 is 1.62 bits per heavy atom. The smallest absolute Gasteiger partial charge is 0.337 e. The van der Waals surface area contributed by atoms with Gasteiger partial charge in [-0.2, -0.15) is 0 Å². The minimum absolute atomic E-state index is 0.0967. The Morgan fingerprint density at radius 3 is 2.24 bits per heavy atom. The summed E-state index contributed by atoms with van der Waals surface area (Å²) < 4.78 is 10.8. The summed E-state index contributed by atoms with van der Waals surface area (Å²) in [7, 11) is -1.91. The maximum Gasteiger partial charge on any atom is 0.337 e. The molecule has 1 aromatic heterocycles. The highest BCUT2D eigenvalue weighted by Gasteiger charge is 2.37. The molecule has 154 valence electrons. The van der Waals surface area contributed by atoms with Gasteiger partial charge in [0.2, 0.25) is 0 Å².